The van der Waals surface area contributed by atoms with E-state index in [0.29, 0.717) is 10.3 Å². The molecule has 0 bridgehead atoms. The van der Waals surface area contributed by atoms with Gasteiger partial charge < -0.3 is 9.30 Å². The van der Waals surface area contributed by atoms with E-state index in [0.717, 1.165) is 24.2 Å². The highest BCUT2D eigenvalue weighted by atomic mass is 35.5. The highest BCUT2D eigenvalue weighted by Gasteiger charge is 2.50. The van der Waals surface area contributed by atoms with Gasteiger partial charge in [-0.3, -0.25) is 0 Å². The van der Waals surface area contributed by atoms with Gasteiger partial charge in [0.05, 0.1) is 11.5 Å². The number of ether oxygens (including phenoxy) is 1. The fourth-order valence-corrected chi connectivity index (χ4v) is 3.35. The Balaban J connectivity index is 2.10. The first kappa shape index (κ1) is 13.8. The van der Waals surface area contributed by atoms with Gasteiger partial charge in [-0.25, -0.2) is 4.98 Å². The smallest absolute Gasteiger partial charge is 0.143 e. The van der Waals surface area contributed by atoms with Crippen molar-refractivity contribution in [2.45, 2.75) is 24.4 Å². The fourth-order valence-electron chi connectivity index (χ4n) is 2.89. The summed E-state index contributed by atoms with van der Waals surface area (Å²) in [5, 5.41) is 9.02. The van der Waals surface area contributed by atoms with Crippen LogP contribution in [0.1, 0.15) is 24.2 Å². The van der Waals surface area contributed by atoms with E-state index in [4.69, 9.17) is 27.9 Å². The van der Waals surface area contributed by atoms with E-state index in [2.05, 4.69) is 15.2 Å². The Morgan fingerprint density at radius 1 is 1.30 bits per heavy atom. The quantitative estimate of drug-likeness (QED) is 0.817. The standard InChI is InChI=1S/C13H14Cl2N4O/c1-19-7-16-18-12(19)13(5-9(6-13)20-2)8-3-10(14)17-11(15)4-8/h3-4,7,9H,5-6H2,1-2H3. The molecule has 0 radical (unpaired) electrons. The summed E-state index contributed by atoms with van der Waals surface area (Å²) >= 11 is 12.1. The van der Waals surface area contributed by atoms with Gasteiger partial charge in [-0.1, -0.05) is 23.2 Å². The molecule has 0 N–H and O–H groups in total. The van der Waals surface area contributed by atoms with E-state index in [9.17, 15) is 0 Å². The molecule has 1 aliphatic carbocycles. The molecule has 1 aliphatic rings. The summed E-state index contributed by atoms with van der Waals surface area (Å²) in [5.74, 6) is 0.893. The molecule has 0 aromatic carbocycles. The number of hydrogen-bond acceptors (Lipinski definition) is 4. The predicted molar refractivity (Wildman–Crippen MR) is 76.1 cm³/mol. The first-order chi connectivity index (χ1) is 9.55. The van der Waals surface area contributed by atoms with Gasteiger partial charge in [-0.2, -0.15) is 0 Å². The molecule has 2 heterocycles. The molecule has 0 aliphatic heterocycles. The molecule has 0 spiro atoms. The molecular weight excluding hydrogens is 299 g/mol. The summed E-state index contributed by atoms with van der Waals surface area (Å²) in [7, 11) is 3.65. The number of hydrogen-bond donors (Lipinski definition) is 0. The van der Waals surface area contributed by atoms with Crippen LogP contribution in [0.2, 0.25) is 10.3 Å². The highest BCUT2D eigenvalue weighted by molar-refractivity contribution is 6.32. The molecule has 106 valence electrons. The van der Waals surface area contributed by atoms with Crippen LogP contribution in [-0.4, -0.2) is 33.0 Å². The second kappa shape index (κ2) is 4.98. The van der Waals surface area contributed by atoms with Crippen LogP contribution in [0.3, 0.4) is 0 Å². The van der Waals surface area contributed by atoms with Crippen molar-refractivity contribution in [1.82, 2.24) is 19.7 Å². The zero-order valence-electron chi connectivity index (χ0n) is 11.2. The monoisotopic (exact) mass is 312 g/mol. The van der Waals surface area contributed by atoms with Crippen molar-refractivity contribution in [3.63, 3.8) is 0 Å². The molecule has 1 fully saturated rings. The fraction of sp³-hybridized carbons (Fsp3) is 0.462. The van der Waals surface area contributed by atoms with Crippen LogP contribution in [0.4, 0.5) is 0 Å². The molecule has 0 unspecified atom stereocenters. The lowest BCUT2D eigenvalue weighted by molar-refractivity contribution is -0.00698. The van der Waals surface area contributed by atoms with Gasteiger partial charge in [0.1, 0.15) is 22.5 Å². The number of nitrogens with zero attached hydrogens (tertiary/aromatic N) is 4. The SMILES string of the molecule is COC1CC(c2cc(Cl)nc(Cl)c2)(c2nncn2C)C1. The third kappa shape index (κ3) is 2.10. The lowest BCUT2D eigenvalue weighted by atomic mass is 9.62. The van der Waals surface area contributed by atoms with Crippen molar-refractivity contribution in [2.24, 2.45) is 7.05 Å². The van der Waals surface area contributed by atoms with Gasteiger partial charge in [0, 0.05) is 14.2 Å². The molecule has 2 aromatic rings. The van der Waals surface area contributed by atoms with E-state index < -0.39 is 0 Å². The zero-order valence-corrected chi connectivity index (χ0v) is 12.7. The number of halogens is 2. The lowest BCUT2D eigenvalue weighted by Crippen LogP contribution is -2.48. The van der Waals surface area contributed by atoms with Crippen molar-refractivity contribution < 1.29 is 4.74 Å². The Morgan fingerprint density at radius 2 is 1.95 bits per heavy atom. The minimum absolute atomic E-state index is 0.206. The molecule has 7 heteroatoms. The molecule has 1 saturated carbocycles. The molecule has 3 rings (SSSR count). The molecule has 0 atom stereocenters. The molecule has 2 aromatic heterocycles. The van der Waals surface area contributed by atoms with Gasteiger partial charge in [0.15, 0.2) is 0 Å². The second-order valence-electron chi connectivity index (χ2n) is 5.11. The van der Waals surface area contributed by atoms with E-state index in [1.807, 2.05) is 23.7 Å². The van der Waals surface area contributed by atoms with Crippen molar-refractivity contribution in [2.75, 3.05) is 7.11 Å². The van der Waals surface area contributed by atoms with Crippen LogP contribution < -0.4 is 0 Å². The van der Waals surface area contributed by atoms with E-state index in [-0.39, 0.29) is 11.5 Å². The van der Waals surface area contributed by atoms with Gasteiger partial charge in [0.2, 0.25) is 0 Å². The Kier molecular flexibility index (Phi) is 3.44. The van der Waals surface area contributed by atoms with E-state index in [1.165, 1.54) is 0 Å². The van der Waals surface area contributed by atoms with Crippen molar-refractivity contribution in [1.29, 1.82) is 0 Å². The first-order valence-corrected chi connectivity index (χ1v) is 7.01. The largest absolute Gasteiger partial charge is 0.381 e. The number of aromatic nitrogens is 4. The van der Waals surface area contributed by atoms with Crippen molar-refractivity contribution in [3.8, 4) is 0 Å². The number of aryl methyl sites for hydroxylation is 1. The first-order valence-electron chi connectivity index (χ1n) is 6.26. The molecule has 0 amide bonds. The van der Waals surface area contributed by atoms with Crippen LogP contribution >= 0.6 is 23.2 Å². The Labute approximate surface area is 126 Å². The number of pyridine rings is 1. The second-order valence-corrected chi connectivity index (χ2v) is 5.89. The van der Waals surface area contributed by atoms with E-state index >= 15 is 0 Å². The minimum atomic E-state index is -0.262. The Bertz CT molecular complexity index is 617. The maximum Gasteiger partial charge on any atom is 0.143 e. The summed E-state index contributed by atoms with van der Waals surface area (Å²) in [6.45, 7) is 0. The summed E-state index contributed by atoms with van der Waals surface area (Å²) in [5.41, 5.74) is 0.745. The average Bonchev–Trinajstić information content (AvgIpc) is 2.74. The van der Waals surface area contributed by atoms with Gasteiger partial charge in [-0.05, 0) is 30.5 Å². The van der Waals surface area contributed by atoms with Crippen molar-refractivity contribution in [3.05, 3.63) is 40.2 Å². The molecule has 20 heavy (non-hydrogen) atoms. The van der Waals surface area contributed by atoms with Crippen LogP contribution in [0.15, 0.2) is 18.5 Å². The third-order valence-corrected chi connectivity index (χ3v) is 4.33. The van der Waals surface area contributed by atoms with Crippen LogP contribution in [0, 0.1) is 0 Å². The maximum atomic E-state index is 6.04. The van der Waals surface area contributed by atoms with E-state index in [1.54, 1.807) is 13.4 Å². The predicted octanol–water partition coefficient (Wildman–Crippen LogP) is 2.61. The highest BCUT2D eigenvalue weighted by Crippen LogP contribution is 2.49. The minimum Gasteiger partial charge on any atom is -0.381 e. The van der Waals surface area contributed by atoms with Gasteiger partial charge >= 0.3 is 0 Å². The lowest BCUT2D eigenvalue weighted by Gasteiger charge is -2.46. The van der Waals surface area contributed by atoms with Crippen LogP contribution in [0.5, 0.6) is 0 Å². The summed E-state index contributed by atoms with van der Waals surface area (Å²) < 4.78 is 7.35. The van der Waals surface area contributed by atoms with Gasteiger partial charge in [0.25, 0.3) is 0 Å². The zero-order chi connectivity index (χ0) is 14.3. The molecule has 0 saturated heterocycles. The maximum absolute atomic E-state index is 6.04. The van der Waals surface area contributed by atoms with Crippen molar-refractivity contribution >= 4 is 23.2 Å². The average molecular weight is 313 g/mol. The summed E-state index contributed by atoms with van der Waals surface area (Å²) in [4.78, 5) is 4.01. The Morgan fingerprint density at radius 3 is 2.45 bits per heavy atom. The third-order valence-electron chi connectivity index (χ3n) is 3.94. The topological polar surface area (TPSA) is 52.8 Å². The van der Waals surface area contributed by atoms with Crippen LogP contribution in [0.25, 0.3) is 0 Å². The normalized spacial score (nSPS) is 25.5. The number of rotatable bonds is 3. The van der Waals surface area contributed by atoms with Crippen LogP contribution in [-0.2, 0) is 17.2 Å². The van der Waals surface area contributed by atoms with Gasteiger partial charge in [-0.15, -0.1) is 10.2 Å². The summed E-state index contributed by atoms with van der Waals surface area (Å²) in [6, 6.07) is 3.68. The molecular formula is C13H14Cl2N4O. The summed E-state index contributed by atoms with van der Waals surface area (Å²) in [6.07, 6.45) is 3.55. The Hall–Kier alpha value is -1.17. The number of methoxy groups -OCH3 is 1. The molecule has 5 nitrogen and oxygen atoms in total.